The van der Waals surface area contributed by atoms with Crippen molar-refractivity contribution in [1.29, 1.82) is 0 Å². The molecule has 4 rings (SSSR count). The summed E-state index contributed by atoms with van der Waals surface area (Å²) in [6.45, 7) is 3.08. The highest BCUT2D eigenvalue weighted by atomic mass is 19.4. The van der Waals surface area contributed by atoms with Gasteiger partial charge in [-0.1, -0.05) is 17.3 Å². The van der Waals surface area contributed by atoms with E-state index in [1.54, 1.807) is 23.0 Å². The van der Waals surface area contributed by atoms with Crippen LogP contribution in [0.4, 0.5) is 18.0 Å². The lowest BCUT2D eigenvalue weighted by Gasteiger charge is -2.40. The van der Waals surface area contributed by atoms with Crippen molar-refractivity contribution in [2.24, 2.45) is 0 Å². The van der Waals surface area contributed by atoms with E-state index in [0.29, 0.717) is 76.1 Å². The summed E-state index contributed by atoms with van der Waals surface area (Å²) in [4.78, 5) is 21.2. The van der Waals surface area contributed by atoms with Crippen LogP contribution >= 0.6 is 0 Å². The lowest BCUT2D eigenvalue weighted by Crippen LogP contribution is -2.52. The molecule has 2 aromatic rings. The third-order valence-corrected chi connectivity index (χ3v) is 5.93. The second-order valence-corrected chi connectivity index (χ2v) is 8.33. The zero-order valence-electron chi connectivity index (χ0n) is 18.8. The van der Waals surface area contributed by atoms with Gasteiger partial charge in [0, 0.05) is 45.6 Å². The van der Waals surface area contributed by atoms with Crippen LogP contribution in [-0.4, -0.2) is 85.4 Å². The second-order valence-electron chi connectivity index (χ2n) is 8.33. The Morgan fingerprint density at radius 2 is 1.94 bits per heavy atom. The van der Waals surface area contributed by atoms with E-state index in [2.05, 4.69) is 14.9 Å². The largest absolute Gasteiger partial charge is 0.573 e. The Kier molecular flexibility index (Phi) is 7.57. The highest BCUT2D eigenvalue weighted by Crippen LogP contribution is 2.37. The molecule has 0 spiro atoms. The molecule has 0 N–H and O–H groups in total. The standard InChI is InChI=1S/C22H27F3N4O5/c1-31-8-5-19-26-20(34-27-19)17-11-16(15-3-2-4-18(12-15)33-22(23,24)25)13-29(14-17)21(30)28-6-9-32-10-7-28/h2-4,12,16-17H,5-11,13-14H2,1H3. The summed E-state index contributed by atoms with van der Waals surface area (Å²) in [6.07, 6.45) is -3.76. The van der Waals surface area contributed by atoms with Crippen molar-refractivity contribution in [2.45, 2.75) is 31.0 Å². The lowest BCUT2D eigenvalue weighted by atomic mass is 9.84. The Labute approximate surface area is 194 Å². The zero-order valence-corrected chi connectivity index (χ0v) is 18.8. The predicted molar refractivity (Wildman–Crippen MR) is 112 cm³/mol. The molecule has 2 atom stereocenters. The summed E-state index contributed by atoms with van der Waals surface area (Å²) in [5.41, 5.74) is 0.644. The number of nitrogens with zero attached hydrogens (tertiary/aromatic N) is 4. The zero-order chi connectivity index (χ0) is 24.1. The molecular weight excluding hydrogens is 457 g/mol. The first-order chi connectivity index (χ1) is 16.3. The molecule has 186 valence electrons. The number of hydrogen-bond donors (Lipinski definition) is 0. The topological polar surface area (TPSA) is 90.2 Å². The summed E-state index contributed by atoms with van der Waals surface area (Å²) >= 11 is 0. The van der Waals surface area contributed by atoms with Crippen LogP contribution in [0.5, 0.6) is 5.75 Å². The van der Waals surface area contributed by atoms with Gasteiger partial charge in [-0.15, -0.1) is 13.2 Å². The van der Waals surface area contributed by atoms with Gasteiger partial charge >= 0.3 is 12.4 Å². The maximum absolute atomic E-state index is 13.2. The molecule has 1 aromatic heterocycles. The number of hydrogen-bond acceptors (Lipinski definition) is 7. The van der Waals surface area contributed by atoms with E-state index < -0.39 is 6.36 Å². The number of morpholine rings is 1. The smallest absolute Gasteiger partial charge is 0.406 e. The average molecular weight is 484 g/mol. The summed E-state index contributed by atoms with van der Waals surface area (Å²) in [7, 11) is 1.58. The third kappa shape index (κ3) is 6.17. The van der Waals surface area contributed by atoms with Gasteiger partial charge in [-0.05, 0) is 24.1 Å². The molecule has 2 saturated heterocycles. The molecule has 2 aliphatic heterocycles. The Balaban J connectivity index is 1.57. The number of benzene rings is 1. The molecule has 34 heavy (non-hydrogen) atoms. The lowest BCUT2D eigenvalue weighted by molar-refractivity contribution is -0.274. The van der Waals surface area contributed by atoms with Crippen LogP contribution in [0.3, 0.4) is 0 Å². The fourth-order valence-corrected chi connectivity index (χ4v) is 4.32. The maximum atomic E-state index is 13.2. The van der Waals surface area contributed by atoms with Crippen molar-refractivity contribution < 1.29 is 36.7 Å². The molecule has 2 aliphatic rings. The average Bonchev–Trinajstić information content (AvgIpc) is 3.31. The number of carbonyl (C=O) groups excluding carboxylic acids is 1. The normalized spacial score (nSPS) is 21.5. The van der Waals surface area contributed by atoms with E-state index in [-0.39, 0.29) is 23.6 Å². The minimum Gasteiger partial charge on any atom is -0.406 e. The minimum atomic E-state index is -4.78. The van der Waals surface area contributed by atoms with Crippen molar-refractivity contribution in [3.8, 4) is 5.75 Å². The first kappa shape index (κ1) is 24.3. The van der Waals surface area contributed by atoms with E-state index in [4.69, 9.17) is 14.0 Å². The monoisotopic (exact) mass is 484 g/mol. The number of alkyl halides is 3. The van der Waals surface area contributed by atoms with E-state index in [1.807, 2.05) is 0 Å². The number of amides is 2. The minimum absolute atomic E-state index is 0.139. The molecule has 2 amide bonds. The number of ether oxygens (including phenoxy) is 3. The van der Waals surface area contributed by atoms with Gasteiger partial charge in [-0.25, -0.2) is 4.79 Å². The third-order valence-electron chi connectivity index (χ3n) is 5.93. The Morgan fingerprint density at radius 1 is 1.18 bits per heavy atom. The van der Waals surface area contributed by atoms with E-state index in [9.17, 15) is 18.0 Å². The van der Waals surface area contributed by atoms with Crippen LogP contribution in [0.25, 0.3) is 0 Å². The summed E-state index contributed by atoms with van der Waals surface area (Å²) in [5.74, 6) is 0.108. The van der Waals surface area contributed by atoms with Crippen LogP contribution in [0.15, 0.2) is 28.8 Å². The highest BCUT2D eigenvalue weighted by Gasteiger charge is 2.37. The molecule has 0 bridgehead atoms. The highest BCUT2D eigenvalue weighted by molar-refractivity contribution is 5.75. The van der Waals surface area contributed by atoms with Crippen molar-refractivity contribution in [3.05, 3.63) is 41.5 Å². The van der Waals surface area contributed by atoms with Gasteiger partial charge in [0.2, 0.25) is 5.89 Å². The Bertz CT molecular complexity index is 964. The van der Waals surface area contributed by atoms with E-state index in [1.165, 1.54) is 18.2 Å². The van der Waals surface area contributed by atoms with Crippen LogP contribution < -0.4 is 4.74 Å². The van der Waals surface area contributed by atoms with Crippen LogP contribution in [-0.2, 0) is 15.9 Å². The Morgan fingerprint density at radius 3 is 2.68 bits per heavy atom. The second kappa shape index (κ2) is 10.6. The predicted octanol–water partition coefficient (Wildman–Crippen LogP) is 3.18. The van der Waals surface area contributed by atoms with E-state index in [0.717, 1.165) is 0 Å². The van der Waals surface area contributed by atoms with Gasteiger partial charge in [0.15, 0.2) is 5.82 Å². The van der Waals surface area contributed by atoms with Gasteiger partial charge in [0.25, 0.3) is 0 Å². The number of rotatable bonds is 6. The van der Waals surface area contributed by atoms with Gasteiger partial charge in [-0.2, -0.15) is 4.98 Å². The van der Waals surface area contributed by atoms with Crippen molar-refractivity contribution in [3.63, 3.8) is 0 Å². The number of aromatic nitrogens is 2. The fraction of sp³-hybridized carbons (Fsp3) is 0.591. The van der Waals surface area contributed by atoms with Crippen molar-refractivity contribution in [1.82, 2.24) is 19.9 Å². The van der Waals surface area contributed by atoms with Gasteiger partial charge in [0.1, 0.15) is 5.75 Å². The van der Waals surface area contributed by atoms with Crippen LogP contribution in [0, 0.1) is 0 Å². The Hall–Kier alpha value is -2.86. The SMILES string of the molecule is COCCc1noc(C2CC(c3cccc(OC(F)(F)F)c3)CN(C(=O)N3CCOCC3)C2)n1. The molecule has 0 aliphatic carbocycles. The molecule has 9 nitrogen and oxygen atoms in total. The molecule has 0 radical (unpaired) electrons. The first-order valence-electron chi connectivity index (χ1n) is 11.1. The number of methoxy groups -OCH3 is 1. The number of urea groups is 1. The molecule has 3 heterocycles. The number of likely N-dealkylation sites (tertiary alicyclic amines) is 1. The van der Waals surface area contributed by atoms with Crippen LogP contribution in [0.1, 0.15) is 35.5 Å². The van der Waals surface area contributed by atoms with Crippen molar-refractivity contribution in [2.75, 3.05) is 53.1 Å². The fourth-order valence-electron chi connectivity index (χ4n) is 4.32. The maximum Gasteiger partial charge on any atom is 0.573 e. The van der Waals surface area contributed by atoms with Crippen LogP contribution in [0.2, 0.25) is 0 Å². The molecule has 1 aromatic carbocycles. The quantitative estimate of drug-likeness (QED) is 0.622. The number of carbonyl (C=O) groups is 1. The van der Waals surface area contributed by atoms with Gasteiger partial charge in [0.05, 0.1) is 25.7 Å². The van der Waals surface area contributed by atoms with E-state index >= 15 is 0 Å². The number of piperidine rings is 1. The first-order valence-corrected chi connectivity index (χ1v) is 11.1. The molecule has 0 saturated carbocycles. The van der Waals surface area contributed by atoms with Gasteiger partial charge < -0.3 is 28.5 Å². The molecule has 2 unspecified atom stereocenters. The van der Waals surface area contributed by atoms with Crippen molar-refractivity contribution >= 4 is 6.03 Å². The van der Waals surface area contributed by atoms with Gasteiger partial charge in [-0.3, -0.25) is 0 Å². The summed E-state index contributed by atoms with van der Waals surface area (Å²) in [5, 5.41) is 4.00. The summed E-state index contributed by atoms with van der Waals surface area (Å²) in [6, 6.07) is 5.75. The molecule has 2 fully saturated rings. The number of halogens is 3. The molecule has 12 heteroatoms. The summed E-state index contributed by atoms with van der Waals surface area (Å²) < 4.78 is 58.2. The molecular formula is C22H27F3N4O5.